The van der Waals surface area contributed by atoms with Crippen LogP contribution in [0.3, 0.4) is 0 Å². The van der Waals surface area contributed by atoms with Crippen LogP contribution in [0.25, 0.3) is 0 Å². The van der Waals surface area contributed by atoms with Crippen LogP contribution in [0, 0.1) is 0 Å². The Morgan fingerprint density at radius 2 is 1.36 bits per heavy atom. The molecule has 0 bridgehead atoms. The first-order chi connectivity index (χ1) is 11.8. The minimum atomic E-state index is -0.863. The van der Waals surface area contributed by atoms with Gasteiger partial charge < -0.3 is 15.1 Å². The highest BCUT2D eigenvalue weighted by molar-refractivity contribution is 5.46. The van der Waals surface area contributed by atoms with Gasteiger partial charge >= 0.3 is 0 Å². The molecule has 2 fully saturated rings. The van der Waals surface area contributed by atoms with Gasteiger partial charge in [-0.2, -0.15) is 15.0 Å². The summed E-state index contributed by atoms with van der Waals surface area (Å²) < 4.78 is 27.6. The number of piperidine rings is 2. The lowest BCUT2D eigenvalue weighted by Gasteiger charge is -2.32. The average Bonchev–Trinajstić information content (AvgIpc) is 2.53. The lowest BCUT2D eigenvalue weighted by Crippen LogP contribution is -2.40. The molecule has 140 valence electrons. The smallest absolute Gasteiger partial charge is 0.232 e. The van der Waals surface area contributed by atoms with Crippen molar-refractivity contribution in [3.8, 4) is 0 Å². The topological polar surface area (TPSA) is 57.2 Å². The van der Waals surface area contributed by atoms with E-state index in [9.17, 15) is 8.78 Å². The first-order valence-electron chi connectivity index (χ1n) is 9.12. The van der Waals surface area contributed by atoms with Crippen molar-refractivity contribution in [3.05, 3.63) is 0 Å². The molecule has 1 aromatic rings. The Bertz CT molecular complexity index is 551. The zero-order chi connectivity index (χ0) is 18.0. The van der Waals surface area contributed by atoms with Crippen LogP contribution in [-0.2, 0) is 0 Å². The minimum absolute atomic E-state index is 0.217. The van der Waals surface area contributed by atoms with E-state index in [1.54, 1.807) is 0 Å². The molecule has 3 heterocycles. The molecule has 0 aliphatic carbocycles. The number of aromatic nitrogens is 3. The van der Waals surface area contributed by atoms with Crippen molar-refractivity contribution in [2.24, 2.45) is 0 Å². The number of nitrogens with zero attached hydrogens (tertiary/aromatic N) is 5. The number of hydrogen-bond donors (Lipinski definition) is 1. The molecular formula is C17H28F2N6. The average molecular weight is 354 g/mol. The summed E-state index contributed by atoms with van der Waals surface area (Å²) in [5, 5.41) is 3.26. The molecular weight excluding hydrogens is 326 g/mol. The second-order valence-electron chi connectivity index (χ2n) is 8.01. The maximum absolute atomic E-state index is 13.8. The Morgan fingerprint density at radius 3 is 1.76 bits per heavy atom. The van der Waals surface area contributed by atoms with Gasteiger partial charge in [0.15, 0.2) is 0 Å². The predicted octanol–water partition coefficient (Wildman–Crippen LogP) is 2.96. The first kappa shape index (κ1) is 18.1. The molecule has 0 aromatic carbocycles. The molecule has 2 aliphatic rings. The third kappa shape index (κ3) is 4.89. The summed E-state index contributed by atoms with van der Waals surface area (Å²) in [6.07, 6.45) is 0.992. The number of rotatable bonds is 3. The molecule has 8 heteroatoms. The van der Waals surface area contributed by atoms with Crippen LogP contribution in [0.15, 0.2) is 0 Å². The predicted molar refractivity (Wildman–Crippen MR) is 95.9 cm³/mol. The molecule has 1 aromatic heterocycles. The number of halogens is 2. The molecule has 0 amide bonds. The summed E-state index contributed by atoms with van der Waals surface area (Å²) in [7, 11) is 0. The molecule has 6 nitrogen and oxygen atoms in total. The van der Waals surface area contributed by atoms with Gasteiger partial charge in [0.05, 0.1) is 13.1 Å². The van der Waals surface area contributed by atoms with Crippen molar-refractivity contribution in [2.75, 3.05) is 41.3 Å². The monoisotopic (exact) mass is 354 g/mol. The lowest BCUT2D eigenvalue weighted by atomic mass is 10.1. The van der Waals surface area contributed by atoms with Crippen molar-refractivity contribution in [1.82, 2.24) is 15.0 Å². The van der Waals surface area contributed by atoms with Gasteiger partial charge in [-0.05, 0) is 46.5 Å². The fraction of sp³-hybridized carbons (Fsp3) is 0.824. The Morgan fingerprint density at radius 1 is 0.880 bits per heavy atom. The molecule has 2 saturated heterocycles. The van der Waals surface area contributed by atoms with E-state index in [2.05, 4.69) is 20.3 Å². The minimum Gasteiger partial charge on any atom is -0.349 e. The fourth-order valence-corrected chi connectivity index (χ4v) is 3.24. The summed E-state index contributed by atoms with van der Waals surface area (Å²) in [4.78, 5) is 17.3. The van der Waals surface area contributed by atoms with Crippen molar-refractivity contribution in [2.45, 2.75) is 64.3 Å². The van der Waals surface area contributed by atoms with E-state index in [1.807, 2.05) is 30.6 Å². The highest BCUT2D eigenvalue weighted by Gasteiger charge is 2.26. The highest BCUT2D eigenvalue weighted by atomic mass is 19.1. The Balaban J connectivity index is 1.90. The molecule has 0 radical (unpaired) electrons. The first-order valence-corrected chi connectivity index (χ1v) is 9.12. The van der Waals surface area contributed by atoms with Gasteiger partial charge in [-0.3, -0.25) is 0 Å². The number of anilines is 3. The van der Waals surface area contributed by atoms with Crippen molar-refractivity contribution < 1.29 is 8.78 Å². The summed E-state index contributed by atoms with van der Waals surface area (Å²) >= 11 is 0. The quantitative estimate of drug-likeness (QED) is 0.901. The van der Waals surface area contributed by atoms with E-state index in [0.717, 1.165) is 25.9 Å². The Kier molecular flexibility index (Phi) is 5.24. The Labute approximate surface area is 148 Å². The van der Waals surface area contributed by atoms with E-state index >= 15 is 0 Å². The second-order valence-corrected chi connectivity index (χ2v) is 8.01. The van der Waals surface area contributed by atoms with Crippen LogP contribution in [0.4, 0.5) is 26.6 Å². The second kappa shape index (κ2) is 7.25. The fourth-order valence-electron chi connectivity index (χ4n) is 3.24. The lowest BCUT2D eigenvalue weighted by molar-refractivity contribution is 0.283. The molecule has 2 unspecified atom stereocenters. The van der Waals surface area contributed by atoms with E-state index in [1.165, 1.54) is 0 Å². The van der Waals surface area contributed by atoms with Crippen molar-refractivity contribution >= 4 is 17.8 Å². The molecule has 25 heavy (non-hydrogen) atoms. The van der Waals surface area contributed by atoms with E-state index in [-0.39, 0.29) is 5.54 Å². The van der Waals surface area contributed by atoms with Crippen LogP contribution in [0.2, 0.25) is 0 Å². The van der Waals surface area contributed by atoms with Gasteiger partial charge in [0.2, 0.25) is 17.8 Å². The molecule has 2 aliphatic heterocycles. The zero-order valence-electron chi connectivity index (χ0n) is 15.3. The SMILES string of the molecule is CC(C)(C)Nc1nc(N2CCCC(F)C2)nc(N2CCCC(F)C2)n1. The maximum Gasteiger partial charge on any atom is 0.232 e. The Hall–Kier alpha value is -1.73. The van der Waals surface area contributed by atoms with Gasteiger partial charge in [0, 0.05) is 18.6 Å². The maximum atomic E-state index is 13.8. The largest absolute Gasteiger partial charge is 0.349 e. The van der Waals surface area contributed by atoms with E-state index < -0.39 is 12.3 Å². The van der Waals surface area contributed by atoms with Crippen LogP contribution in [-0.4, -0.2) is 59.0 Å². The standard InChI is InChI=1S/C17H28F2N6/c1-17(2,3)23-14-20-15(24-8-4-6-12(18)10-24)22-16(21-14)25-9-5-7-13(19)11-25/h12-13H,4-11H2,1-3H3,(H,20,21,22,23). The molecule has 3 rings (SSSR count). The van der Waals surface area contributed by atoms with Crippen LogP contribution >= 0.6 is 0 Å². The van der Waals surface area contributed by atoms with Gasteiger partial charge in [0.1, 0.15) is 12.3 Å². The van der Waals surface area contributed by atoms with Crippen LogP contribution in [0.5, 0.6) is 0 Å². The molecule has 0 spiro atoms. The highest BCUT2D eigenvalue weighted by Crippen LogP contribution is 2.25. The molecule has 1 N–H and O–H groups in total. The number of hydrogen-bond acceptors (Lipinski definition) is 6. The van der Waals surface area contributed by atoms with E-state index in [0.29, 0.717) is 43.8 Å². The van der Waals surface area contributed by atoms with Gasteiger partial charge in [-0.1, -0.05) is 0 Å². The van der Waals surface area contributed by atoms with Crippen LogP contribution < -0.4 is 15.1 Å². The van der Waals surface area contributed by atoms with Gasteiger partial charge in [-0.25, -0.2) is 8.78 Å². The van der Waals surface area contributed by atoms with Gasteiger partial charge in [-0.15, -0.1) is 0 Å². The summed E-state index contributed by atoms with van der Waals surface area (Å²) in [5.74, 6) is 1.40. The van der Waals surface area contributed by atoms with Crippen molar-refractivity contribution in [1.29, 1.82) is 0 Å². The molecule has 2 atom stereocenters. The van der Waals surface area contributed by atoms with Crippen molar-refractivity contribution in [3.63, 3.8) is 0 Å². The summed E-state index contributed by atoms with van der Waals surface area (Å²) in [6.45, 7) is 8.11. The third-order valence-electron chi connectivity index (χ3n) is 4.39. The zero-order valence-corrected chi connectivity index (χ0v) is 15.3. The summed E-state index contributed by atoms with van der Waals surface area (Å²) in [5.41, 5.74) is -0.217. The number of nitrogens with one attached hydrogen (secondary N) is 1. The van der Waals surface area contributed by atoms with Gasteiger partial charge in [0.25, 0.3) is 0 Å². The number of alkyl halides is 2. The summed E-state index contributed by atoms with van der Waals surface area (Å²) in [6, 6.07) is 0. The molecule has 0 saturated carbocycles. The normalized spacial score (nSPS) is 25.2. The third-order valence-corrected chi connectivity index (χ3v) is 4.39. The van der Waals surface area contributed by atoms with Crippen LogP contribution in [0.1, 0.15) is 46.5 Å². The van der Waals surface area contributed by atoms with E-state index in [4.69, 9.17) is 0 Å².